The molecule has 2 rings (SSSR count). The van der Waals surface area contributed by atoms with E-state index < -0.39 is 17.7 Å². The Kier molecular flexibility index (Phi) is 5.15. The normalized spacial score (nSPS) is 17.7. The van der Waals surface area contributed by atoms with Crippen LogP contribution < -0.4 is 10.2 Å². The van der Waals surface area contributed by atoms with Gasteiger partial charge in [-0.25, -0.2) is 13.6 Å². The van der Waals surface area contributed by atoms with E-state index in [2.05, 4.69) is 5.32 Å². The first kappa shape index (κ1) is 16.0. The highest BCUT2D eigenvalue weighted by atomic mass is 19.1. The van der Waals surface area contributed by atoms with Gasteiger partial charge in [-0.2, -0.15) is 5.26 Å². The molecule has 1 heterocycles. The van der Waals surface area contributed by atoms with Gasteiger partial charge in [0.15, 0.2) is 11.6 Å². The SMILES string of the molecule is CCOC(=O)N[C@H]1CCCN(c2c(F)cc(C#N)cc2F)C1. The van der Waals surface area contributed by atoms with Gasteiger partial charge in [0.25, 0.3) is 0 Å². The second-order valence-corrected chi connectivity index (χ2v) is 5.05. The van der Waals surface area contributed by atoms with E-state index in [0.717, 1.165) is 18.6 Å². The lowest BCUT2D eigenvalue weighted by molar-refractivity contribution is 0.146. The van der Waals surface area contributed by atoms with Crippen molar-refractivity contribution < 1.29 is 18.3 Å². The van der Waals surface area contributed by atoms with Crippen molar-refractivity contribution in [2.24, 2.45) is 0 Å². The number of halogens is 2. The van der Waals surface area contributed by atoms with Crippen molar-refractivity contribution in [2.75, 3.05) is 24.6 Å². The lowest BCUT2D eigenvalue weighted by Gasteiger charge is -2.34. The Morgan fingerprint density at radius 2 is 2.18 bits per heavy atom. The number of benzene rings is 1. The lowest BCUT2D eigenvalue weighted by Crippen LogP contribution is -2.48. The zero-order valence-electron chi connectivity index (χ0n) is 12.2. The summed E-state index contributed by atoms with van der Waals surface area (Å²) in [6, 6.07) is 3.51. The second kappa shape index (κ2) is 7.07. The van der Waals surface area contributed by atoms with Gasteiger partial charge in [0, 0.05) is 19.1 Å². The minimum absolute atomic E-state index is 0.0584. The van der Waals surface area contributed by atoms with Gasteiger partial charge < -0.3 is 15.0 Å². The molecule has 0 aromatic heterocycles. The number of hydrogen-bond donors (Lipinski definition) is 1. The fraction of sp³-hybridized carbons (Fsp3) is 0.467. The molecule has 22 heavy (non-hydrogen) atoms. The van der Waals surface area contributed by atoms with E-state index in [1.807, 2.05) is 0 Å². The Morgan fingerprint density at radius 3 is 2.77 bits per heavy atom. The standard InChI is InChI=1S/C15H17F2N3O2/c1-2-22-15(21)19-11-4-3-5-20(9-11)14-12(16)6-10(8-18)7-13(14)17/h6-7,11H,2-5,9H2,1H3,(H,19,21)/t11-/m0/s1. The highest BCUT2D eigenvalue weighted by Crippen LogP contribution is 2.27. The molecule has 1 aliphatic heterocycles. The Morgan fingerprint density at radius 1 is 1.50 bits per heavy atom. The topological polar surface area (TPSA) is 65.4 Å². The Balaban J connectivity index is 2.13. The van der Waals surface area contributed by atoms with Gasteiger partial charge in [-0.15, -0.1) is 0 Å². The molecule has 0 aliphatic carbocycles. The van der Waals surface area contributed by atoms with E-state index in [1.165, 1.54) is 0 Å². The molecular weight excluding hydrogens is 292 g/mol. The van der Waals surface area contributed by atoms with Gasteiger partial charge in [0.2, 0.25) is 0 Å². The highest BCUT2D eigenvalue weighted by molar-refractivity contribution is 5.67. The summed E-state index contributed by atoms with van der Waals surface area (Å²) in [5, 5.41) is 11.4. The van der Waals surface area contributed by atoms with E-state index in [4.69, 9.17) is 10.00 Å². The van der Waals surface area contributed by atoms with Crippen LogP contribution in [0.25, 0.3) is 0 Å². The van der Waals surface area contributed by atoms with Gasteiger partial charge in [0.1, 0.15) is 5.69 Å². The molecule has 0 bridgehead atoms. The number of hydrogen-bond acceptors (Lipinski definition) is 4. The predicted octanol–water partition coefficient (Wildman–Crippen LogP) is 2.55. The molecular formula is C15H17F2N3O2. The zero-order valence-corrected chi connectivity index (χ0v) is 12.2. The van der Waals surface area contributed by atoms with Crippen LogP contribution in [-0.4, -0.2) is 31.8 Å². The number of nitrogens with zero attached hydrogens (tertiary/aromatic N) is 2. The summed E-state index contributed by atoms with van der Waals surface area (Å²) in [4.78, 5) is 13.0. The third-order valence-corrected chi connectivity index (χ3v) is 3.48. The van der Waals surface area contributed by atoms with Crippen molar-refractivity contribution >= 4 is 11.8 Å². The van der Waals surface area contributed by atoms with Crippen molar-refractivity contribution in [3.63, 3.8) is 0 Å². The van der Waals surface area contributed by atoms with Crippen molar-refractivity contribution in [3.05, 3.63) is 29.3 Å². The lowest BCUT2D eigenvalue weighted by atomic mass is 10.0. The summed E-state index contributed by atoms with van der Waals surface area (Å²) < 4.78 is 32.9. The molecule has 1 aromatic carbocycles. The average molecular weight is 309 g/mol. The number of alkyl carbamates (subject to hydrolysis) is 1. The van der Waals surface area contributed by atoms with Crippen LogP contribution in [0.15, 0.2) is 12.1 Å². The molecule has 0 saturated carbocycles. The summed E-state index contributed by atoms with van der Waals surface area (Å²) in [5.74, 6) is -1.54. The smallest absolute Gasteiger partial charge is 0.407 e. The van der Waals surface area contributed by atoms with Gasteiger partial charge in [0.05, 0.1) is 18.2 Å². The maximum atomic E-state index is 14.0. The number of ether oxygens (including phenoxy) is 1. The highest BCUT2D eigenvalue weighted by Gasteiger charge is 2.26. The van der Waals surface area contributed by atoms with Crippen LogP contribution in [0.3, 0.4) is 0 Å². The number of carbonyl (C=O) groups is 1. The van der Waals surface area contributed by atoms with Crippen LogP contribution in [-0.2, 0) is 4.74 Å². The minimum Gasteiger partial charge on any atom is -0.450 e. The minimum atomic E-state index is -0.770. The average Bonchev–Trinajstić information content (AvgIpc) is 2.47. The third kappa shape index (κ3) is 3.64. The fourth-order valence-electron chi connectivity index (χ4n) is 2.57. The van der Waals surface area contributed by atoms with E-state index in [-0.39, 0.29) is 23.9 Å². The van der Waals surface area contributed by atoms with Crippen molar-refractivity contribution in [1.82, 2.24) is 5.32 Å². The quantitative estimate of drug-likeness (QED) is 0.932. The zero-order chi connectivity index (χ0) is 16.1. The molecule has 1 aromatic rings. The molecule has 1 aliphatic rings. The van der Waals surface area contributed by atoms with Crippen molar-refractivity contribution in [3.8, 4) is 6.07 Å². The van der Waals surface area contributed by atoms with Gasteiger partial charge >= 0.3 is 6.09 Å². The molecule has 1 saturated heterocycles. The first-order valence-corrected chi connectivity index (χ1v) is 7.12. The second-order valence-electron chi connectivity index (χ2n) is 5.05. The van der Waals surface area contributed by atoms with Crippen molar-refractivity contribution in [2.45, 2.75) is 25.8 Å². The maximum absolute atomic E-state index is 14.0. The molecule has 0 radical (unpaired) electrons. The van der Waals surface area contributed by atoms with Gasteiger partial charge in [-0.3, -0.25) is 0 Å². The van der Waals surface area contributed by atoms with E-state index >= 15 is 0 Å². The largest absolute Gasteiger partial charge is 0.450 e. The summed E-state index contributed by atoms with van der Waals surface area (Å²) >= 11 is 0. The summed E-state index contributed by atoms with van der Waals surface area (Å²) in [6.07, 6.45) is 0.875. The van der Waals surface area contributed by atoms with E-state index in [9.17, 15) is 13.6 Å². The molecule has 1 amide bonds. The molecule has 1 atom stereocenters. The molecule has 1 N–H and O–H groups in total. The predicted molar refractivity (Wildman–Crippen MR) is 76.5 cm³/mol. The number of piperidine rings is 1. The fourth-order valence-corrected chi connectivity index (χ4v) is 2.57. The molecule has 5 nitrogen and oxygen atoms in total. The number of nitrogens with one attached hydrogen (secondary N) is 1. The first-order chi connectivity index (χ1) is 10.5. The Bertz CT molecular complexity index is 578. The monoisotopic (exact) mass is 309 g/mol. The van der Waals surface area contributed by atoms with Crippen LogP contribution >= 0.6 is 0 Å². The number of rotatable bonds is 3. The Labute approximate surface area is 127 Å². The summed E-state index contributed by atoms with van der Waals surface area (Å²) in [7, 11) is 0. The molecule has 1 fully saturated rings. The summed E-state index contributed by atoms with van der Waals surface area (Å²) in [6.45, 7) is 2.74. The molecule has 118 valence electrons. The Hall–Kier alpha value is -2.36. The molecule has 0 unspecified atom stereocenters. The van der Waals surface area contributed by atoms with Gasteiger partial charge in [-0.1, -0.05) is 0 Å². The third-order valence-electron chi connectivity index (χ3n) is 3.48. The van der Waals surface area contributed by atoms with Gasteiger partial charge in [-0.05, 0) is 31.9 Å². The first-order valence-electron chi connectivity index (χ1n) is 7.12. The van der Waals surface area contributed by atoms with Crippen LogP contribution in [0.5, 0.6) is 0 Å². The van der Waals surface area contributed by atoms with Crippen LogP contribution in [0.1, 0.15) is 25.3 Å². The van der Waals surface area contributed by atoms with Crippen LogP contribution in [0, 0.1) is 23.0 Å². The van der Waals surface area contributed by atoms with E-state index in [0.29, 0.717) is 19.5 Å². The molecule has 7 heteroatoms. The molecule has 0 spiro atoms. The van der Waals surface area contributed by atoms with Crippen LogP contribution in [0.2, 0.25) is 0 Å². The van der Waals surface area contributed by atoms with E-state index in [1.54, 1.807) is 17.9 Å². The van der Waals surface area contributed by atoms with Crippen LogP contribution in [0.4, 0.5) is 19.3 Å². The number of carbonyl (C=O) groups excluding carboxylic acids is 1. The summed E-state index contributed by atoms with van der Waals surface area (Å²) in [5.41, 5.74) is -0.216. The number of nitriles is 1. The maximum Gasteiger partial charge on any atom is 0.407 e. The number of anilines is 1. The number of amides is 1. The van der Waals surface area contributed by atoms with Crippen molar-refractivity contribution in [1.29, 1.82) is 5.26 Å².